The average Bonchev–Trinajstić information content (AvgIpc) is 3.30. The molecule has 3 aliphatic heterocycles. The Morgan fingerprint density at radius 2 is 1.61 bits per heavy atom. The van der Waals surface area contributed by atoms with E-state index in [9.17, 15) is 13.2 Å². The third kappa shape index (κ3) is 5.49. The molecule has 192 valence electrons. The van der Waals surface area contributed by atoms with Crippen LogP contribution in [-0.2, 0) is 21.1 Å². The maximum absolute atomic E-state index is 12.7. The van der Waals surface area contributed by atoms with Crippen molar-refractivity contribution in [3.63, 3.8) is 0 Å². The molecular weight excluding hydrogens is 490 g/mol. The second kappa shape index (κ2) is 9.86. The van der Waals surface area contributed by atoms with Crippen LogP contribution < -0.4 is 9.80 Å². The molecule has 0 N–H and O–H groups in total. The number of hydrogen-bond donors (Lipinski definition) is 0. The molecule has 8 heteroatoms. The Hall–Kier alpha value is -2.32. The number of rotatable bonds is 4. The van der Waals surface area contributed by atoms with Gasteiger partial charge in [0.25, 0.3) is 5.91 Å². The normalized spacial score (nSPS) is 25.4. The number of carbonyl (C=O) groups is 1. The number of benzene rings is 2. The van der Waals surface area contributed by atoms with Gasteiger partial charge in [-0.1, -0.05) is 62.9 Å². The molecule has 3 heterocycles. The van der Waals surface area contributed by atoms with E-state index in [0.29, 0.717) is 11.1 Å². The summed E-state index contributed by atoms with van der Waals surface area (Å²) in [5, 5.41) is 0.527. The molecule has 0 spiro atoms. The number of nitrogens with zero attached hydrogens (tertiary/aromatic N) is 3. The molecule has 1 amide bonds. The maximum atomic E-state index is 12.7. The molecule has 2 aromatic rings. The highest BCUT2D eigenvalue weighted by Crippen LogP contribution is 2.42. The first-order chi connectivity index (χ1) is 17.1. The minimum atomic E-state index is -3.09. The molecule has 3 aliphatic rings. The van der Waals surface area contributed by atoms with E-state index < -0.39 is 15.3 Å². The fraction of sp³-hybridized carbons (Fsp3) is 0.500. The van der Waals surface area contributed by atoms with E-state index in [4.69, 9.17) is 0 Å². The molecule has 0 saturated carbocycles. The lowest BCUT2D eigenvalue weighted by Gasteiger charge is -2.34. The summed E-state index contributed by atoms with van der Waals surface area (Å²) in [6.07, 6.45) is 3.49. The number of sulfone groups is 1. The minimum absolute atomic E-state index is 0.0927. The SMILES string of the molecule is CC(C)(C)C(=O)N=C1S[C@H]2CS(=O)(=O)C[C@H]2N1c1ccc(N2CCC(Cc3ccccc3)CC2)cc1. The van der Waals surface area contributed by atoms with Crippen LogP contribution in [0.4, 0.5) is 11.4 Å². The summed E-state index contributed by atoms with van der Waals surface area (Å²) < 4.78 is 24.7. The van der Waals surface area contributed by atoms with Crippen LogP contribution in [0.15, 0.2) is 59.6 Å². The fourth-order valence-electron chi connectivity index (χ4n) is 5.29. The third-order valence-electron chi connectivity index (χ3n) is 7.38. The number of thioether (sulfide) groups is 1. The van der Waals surface area contributed by atoms with Gasteiger partial charge in [-0.3, -0.25) is 4.79 Å². The quantitative estimate of drug-likeness (QED) is 0.572. The molecular formula is C28H35N3O3S2. The molecule has 3 saturated heterocycles. The zero-order chi connectivity index (χ0) is 25.5. The van der Waals surface area contributed by atoms with Crippen LogP contribution in [0.5, 0.6) is 0 Å². The van der Waals surface area contributed by atoms with Crippen molar-refractivity contribution in [2.24, 2.45) is 16.3 Å². The molecule has 6 nitrogen and oxygen atoms in total. The van der Waals surface area contributed by atoms with Crippen molar-refractivity contribution < 1.29 is 13.2 Å². The minimum Gasteiger partial charge on any atom is -0.372 e. The van der Waals surface area contributed by atoms with E-state index in [-0.39, 0.29) is 28.7 Å². The van der Waals surface area contributed by atoms with E-state index in [1.165, 1.54) is 35.9 Å². The largest absolute Gasteiger partial charge is 0.372 e. The van der Waals surface area contributed by atoms with E-state index in [1.54, 1.807) is 0 Å². The van der Waals surface area contributed by atoms with Crippen molar-refractivity contribution in [2.75, 3.05) is 34.4 Å². The van der Waals surface area contributed by atoms with Gasteiger partial charge in [0.15, 0.2) is 15.0 Å². The first-order valence-electron chi connectivity index (χ1n) is 12.8. The lowest BCUT2D eigenvalue weighted by Crippen LogP contribution is -2.38. The lowest BCUT2D eigenvalue weighted by molar-refractivity contribution is -0.124. The zero-order valence-electron chi connectivity index (χ0n) is 21.3. The van der Waals surface area contributed by atoms with Gasteiger partial charge in [-0.05, 0) is 55.0 Å². The smallest absolute Gasteiger partial charge is 0.253 e. The fourth-order valence-corrected chi connectivity index (χ4v) is 9.20. The second-order valence-corrected chi connectivity index (χ2v) is 14.6. The number of fused-ring (bicyclic) bond motifs is 1. The van der Waals surface area contributed by atoms with E-state index >= 15 is 0 Å². The standard InChI is InChI=1S/C28H35N3O3S2/c1-28(2,3)26(32)29-27-31(24-18-36(33,34)19-25(24)35-27)23-11-9-22(10-12-23)30-15-13-21(14-16-30)17-20-7-5-4-6-8-20/h4-12,21,24-25H,13-19H2,1-3H3/t24-,25+/m1/s1. The summed E-state index contributed by atoms with van der Waals surface area (Å²) in [5.41, 5.74) is 2.91. The van der Waals surface area contributed by atoms with E-state index in [2.05, 4.69) is 64.5 Å². The van der Waals surface area contributed by atoms with Crippen LogP contribution in [0.1, 0.15) is 39.2 Å². The molecule has 5 rings (SSSR count). The van der Waals surface area contributed by atoms with Crippen LogP contribution in [-0.4, -0.2) is 55.4 Å². The summed E-state index contributed by atoms with van der Waals surface area (Å²) in [6, 6.07) is 18.9. The van der Waals surface area contributed by atoms with Crippen molar-refractivity contribution in [2.45, 2.75) is 51.3 Å². The van der Waals surface area contributed by atoms with Crippen molar-refractivity contribution in [3.8, 4) is 0 Å². The van der Waals surface area contributed by atoms with Crippen LogP contribution in [0.25, 0.3) is 0 Å². The first-order valence-corrected chi connectivity index (χ1v) is 15.5. The Kier molecular flexibility index (Phi) is 6.94. The highest BCUT2D eigenvalue weighted by atomic mass is 32.2. The molecule has 0 radical (unpaired) electrons. The van der Waals surface area contributed by atoms with Crippen molar-refractivity contribution in [1.82, 2.24) is 0 Å². The number of amidine groups is 1. The monoisotopic (exact) mass is 525 g/mol. The summed E-state index contributed by atoms with van der Waals surface area (Å²) in [6.45, 7) is 7.63. The topological polar surface area (TPSA) is 70.0 Å². The Labute approximate surface area is 219 Å². The van der Waals surface area contributed by atoms with Gasteiger partial charge in [0.2, 0.25) is 0 Å². The molecule has 2 aromatic carbocycles. The van der Waals surface area contributed by atoms with Gasteiger partial charge in [-0.15, -0.1) is 0 Å². The van der Waals surface area contributed by atoms with Gasteiger partial charge < -0.3 is 9.80 Å². The zero-order valence-corrected chi connectivity index (χ0v) is 22.9. The molecule has 36 heavy (non-hydrogen) atoms. The highest BCUT2D eigenvalue weighted by molar-refractivity contribution is 8.16. The van der Waals surface area contributed by atoms with Gasteiger partial charge in [0, 0.05) is 35.1 Å². The number of carbonyl (C=O) groups excluding carboxylic acids is 1. The van der Waals surface area contributed by atoms with Crippen molar-refractivity contribution in [1.29, 1.82) is 0 Å². The Balaban J connectivity index is 1.30. The molecule has 2 atom stereocenters. The Morgan fingerprint density at radius 3 is 2.25 bits per heavy atom. The van der Waals surface area contributed by atoms with Crippen LogP contribution >= 0.6 is 11.8 Å². The van der Waals surface area contributed by atoms with E-state index in [1.807, 2.05) is 25.7 Å². The van der Waals surface area contributed by atoms with Crippen molar-refractivity contribution >= 4 is 44.0 Å². The molecule has 3 fully saturated rings. The van der Waals surface area contributed by atoms with Gasteiger partial charge in [-0.2, -0.15) is 4.99 Å². The predicted octanol–water partition coefficient (Wildman–Crippen LogP) is 4.79. The molecule has 0 aliphatic carbocycles. The van der Waals surface area contributed by atoms with Crippen LogP contribution in [0.2, 0.25) is 0 Å². The van der Waals surface area contributed by atoms with Gasteiger partial charge >= 0.3 is 0 Å². The summed E-state index contributed by atoms with van der Waals surface area (Å²) in [7, 11) is -3.09. The molecule has 0 aromatic heterocycles. The van der Waals surface area contributed by atoms with E-state index in [0.717, 1.165) is 25.2 Å². The number of amides is 1. The third-order valence-corrected chi connectivity index (χ3v) is 10.6. The summed E-state index contributed by atoms with van der Waals surface area (Å²) in [5.74, 6) is 0.763. The molecule has 0 unspecified atom stereocenters. The highest BCUT2D eigenvalue weighted by Gasteiger charge is 2.49. The number of anilines is 2. The summed E-state index contributed by atoms with van der Waals surface area (Å²) in [4.78, 5) is 21.6. The maximum Gasteiger partial charge on any atom is 0.253 e. The predicted molar refractivity (Wildman–Crippen MR) is 150 cm³/mol. The second-order valence-electron chi connectivity index (χ2n) is 11.3. The lowest BCUT2D eigenvalue weighted by atomic mass is 9.90. The average molecular weight is 526 g/mol. The van der Waals surface area contributed by atoms with Crippen molar-refractivity contribution in [3.05, 3.63) is 60.2 Å². The number of aliphatic imine (C=N–C) groups is 1. The van der Waals surface area contributed by atoms with Crippen LogP contribution in [0.3, 0.4) is 0 Å². The van der Waals surface area contributed by atoms with Gasteiger partial charge in [0.1, 0.15) is 0 Å². The Morgan fingerprint density at radius 1 is 0.972 bits per heavy atom. The van der Waals surface area contributed by atoms with Gasteiger partial charge in [0.05, 0.1) is 17.5 Å². The molecule has 0 bridgehead atoms. The first kappa shape index (κ1) is 25.3. The number of piperidine rings is 1. The number of hydrogen-bond acceptors (Lipinski definition) is 5. The van der Waals surface area contributed by atoms with Gasteiger partial charge in [-0.25, -0.2) is 8.42 Å². The van der Waals surface area contributed by atoms with Crippen LogP contribution in [0, 0.1) is 11.3 Å². The Bertz CT molecular complexity index is 1230. The summed E-state index contributed by atoms with van der Waals surface area (Å²) >= 11 is 1.43.